The van der Waals surface area contributed by atoms with Crippen molar-refractivity contribution in [1.82, 2.24) is 24.9 Å². The first-order chi connectivity index (χ1) is 15.6. The summed E-state index contributed by atoms with van der Waals surface area (Å²) in [4.78, 5) is 46.7. The molecule has 5 fully saturated rings. The van der Waals surface area contributed by atoms with Gasteiger partial charge < -0.3 is 24.9 Å². The first-order valence-corrected chi connectivity index (χ1v) is 12.9. The van der Waals surface area contributed by atoms with E-state index in [2.05, 4.69) is 15.1 Å². The van der Waals surface area contributed by atoms with Crippen molar-refractivity contribution in [1.29, 1.82) is 0 Å². The van der Waals surface area contributed by atoms with Gasteiger partial charge in [-0.05, 0) is 69.9 Å². The first kappa shape index (κ1) is 22.0. The fourth-order valence-electron chi connectivity index (χ4n) is 6.79. The molecule has 8 nitrogen and oxygen atoms in total. The summed E-state index contributed by atoms with van der Waals surface area (Å²) in [5.74, 6) is 1.34. The minimum absolute atomic E-state index is 0.0279. The molecule has 0 aliphatic carbocycles. The highest BCUT2D eigenvalue weighted by Crippen LogP contribution is 2.38. The zero-order valence-electron chi connectivity index (χ0n) is 19.3. The number of nitrogens with zero attached hydrogens (tertiary/aromatic N) is 4. The summed E-state index contributed by atoms with van der Waals surface area (Å²) in [6.07, 6.45) is 7.98. The van der Waals surface area contributed by atoms with Crippen molar-refractivity contribution >= 4 is 17.8 Å². The highest BCUT2D eigenvalue weighted by molar-refractivity contribution is 5.80. The van der Waals surface area contributed by atoms with Gasteiger partial charge in [0, 0.05) is 64.2 Å². The molecule has 8 heteroatoms. The number of nitrogens with one attached hydrogen (secondary N) is 1. The van der Waals surface area contributed by atoms with Crippen LogP contribution < -0.4 is 5.32 Å². The van der Waals surface area contributed by atoms with Gasteiger partial charge in [0.25, 0.3) is 0 Å². The van der Waals surface area contributed by atoms with Crippen LogP contribution in [0.3, 0.4) is 0 Å². The quantitative estimate of drug-likeness (QED) is 0.709. The Kier molecular flexibility index (Phi) is 6.58. The average molecular weight is 446 g/mol. The van der Waals surface area contributed by atoms with Crippen molar-refractivity contribution < 1.29 is 14.4 Å². The maximum Gasteiger partial charge on any atom is 0.320 e. The highest BCUT2D eigenvalue weighted by atomic mass is 16.2. The molecule has 0 radical (unpaired) electrons. The zero-order chi connectivity index (χ0) is 22.1. The Labute approximate surface area is 191 Å². The molecule has 5 saturated heterocycles. The number of urea groups is 1. The molecule has 32 heavy (non-hydrogen) atoms. The molecule has 3 atom stereocenters. The Hall–Kier alpha value is -1.83. The molecule has 1 N–H and O–H groups in total. The van der Waals surface area contributed by atoms with Gasteiger partial charge in [0.1, 0.15) is 0 Å². The highest BCUT2D eigenvalue weighted by Gasteiger charge is 2.45. The van der Waals surface area contributed by atoms with Crippen LogP contribution in [0.25, 0.3) is 0 Å². The molecule has 5 heterocycles. The molecule has 0 saturated carbocycles. The second-order valence-corrected chi connectivity index (χ2v) is 10.7. The molecule has 178 valence electrons. The summed E-state index contributed by atoms with van der Waals surface area (Å²) in [5, 5.41) is 3.12. The van der Waals surface area contributed by atoms with E-state index in [1.807, 2.05) is 9.80 Å². The van der Waals surface area contributed by atoms with E-state index in [4.69, 9.17) is 0 Å². The van der Waals surface area contributed by atoms with E-state index < -0.39 is 0 Å². The molecule has 0 spiro atoms. The van der Waals surface area contributed by atoms with Gasteiger partial charge in [-0.3, -0.25) is 9.59 Å². The van der Waals surface area contributed by atoms with Crippen LogP contribution in [0.2, 0.25) is 0 Å². The third kappa shape index (κ3) is 4.61. The summed E-state index contributed by atoms with van der Waals surface area (Å²) < 4.78 is 0. The number of piperidine rings is 4. The molecule has 2 bridgehead atoms. The Morgan fingerprint density at radius 1 is 0.906 bits per heavy atom. The van der Waals surface area contributed by atoms with E-state index in [9.17, 15) is 14.4 Å². The predicted octanol–water partition coefficient (Wildman–Crippen LogP) is 1.36. The maximum atomic E-state index is 13.3. The van der Waals surface area contributed by atoms with Gasteiger partial charge in [-0.2, -0.15) is 0 Å². The van der Waals surface area contributed by atoms with Crippen molar-refractivity contribution in [3.05, 3.63) is 0 Å². The number of rotatable bonds is 4. The Balaban J connectivity index is 1.08. The van der Waals surface area contributed by atoms with E-state index in [0.29, 0.717) is 43.3 Å². The number of amides is 4. The Bertz CT molecular complexity index is 716. The van der Waals surface area contributed by atoms with Crippen molar-refractivity contribution in [2.75, 3.05) is 58.9 Å². The van der Waals surface area contributed by atoms with Crippen molar-refractivity contribution in [3.8, 4) is 0 Å². The first-order valence-electron chi connectivity index (χ1n) is 12.9. The van der Waals surface area contributed by atoms with Gasteiger partial charge in [-0.1, -0.05) is 0 Å². The predicted molar refractivity (Wildman–Crippen MR) is 121 cm³/mol. The Morgan fingerprint density at radius 2 is 1.69 bits per heavy atom. The lowest BCUT2D eigenvalue weighted by Gasteiger charge is -2.53. The van der Waals surface area contributed by atoms with E-state index in [0.717, 1.165) is 77.9 Å². The fraction of sp³-hybridized carbons (Fsp3) is 0.875. The zero-order valence-corrected chi connectivity index (χ0v) is 19.3. The molecule has 5 aliphatic heterocycles. The van der Waals surface area contributed by atoms with Gasteiger partial charge in [0.15, 0.2) is 0 Å². The molecular formula is C24H39N5O3. The molecule has 0 aromatic rings. The number of carbonyl (C=O) groups is 3. The number of likely N-dealkylation sites (tertiary alicyclic amines) is 3. The van der Waals surface area contributed by atoms with Gasteiger partial charge in [0.05, 0.1) is 0 Å². The maximum absolute atomic E-state index is 13.3. The van der Waals surface area contributed by atoms with Crippen LogP contribution >= 0.6 is 0 Å². The van der Waals surface area contributed by atoms with Crippen molar-refractivity contribution in [2.24, 2.45) is 17.8 Å². The number of hydrogen-bond acceptors (Lipinski definition) is 4. The van der Waals surface area contributed by atoms with Crippen LogP contribution in [-0.4, -0.2) is 102 Å². The smallest absolute Gasteiger partial charge is 0.320 e. The van der Waals surface area contributed by atoms with E-state index >= 15 is 0 Å². The summed E-state index contributed by atoms with van der Waals surface area (Å²) in [5.41, 5.74) is 0. The van der Waals surface area contributed by atoms with Crippen molar-refractivity contribution in [2.45, 2.75) is 57.4 Å². The van der Waals surface area contributed by atoms with Crippen LogP contribution in [0.5, 0.6) is 0 Å². The third-order valence-corrected chi connectivity index (χ3v) is 8.51. The molecule has 0 unspecified atom stereocenters. The second-order valence-electron chi connectivity index (χ2n) is 10.7. The molecule has 4 amide bonds. The third-order valence-electron chi connectivity index (χ3n) is 8.51. The molecular weight excluding hydrogens is 406 g/mol. The van der Waals surface area contributed by atoms with E-state index in [-0.39, 0.29) is 17.9 Å². The summed E-state index contributed by atoms with van der Waals surface area (Å²) in [6, 6.07) is 0.473. The fourth-order valence-corrected chi connectivity index (χ4v) is 6.79. The number of carbonyl (C=O) groups excluding carboxylic acids is 3. The lowest BCUT2D eigenvalue weighted by molar-refractivity contribution is -0.144. The van der Waals surface area contributed by atoms with Gasteiger partial charge in [-0.15, -0.1) is 0 Å². The largest absolute Gasteiger partial charge is 0.355 e. The molecule has 0 aromatic heterocycles. The van der Waals surface area contributed by atoms with E-state index in [1.165, 1.54) is 12.8 Å². The topological polar surface area (TPSA) is 76.2 Å². The summed E-state index contributed by atoms with van der Waals surface area (Å²) in [7, 11) is 0. The van der Waals surface area contributed by atoms with Crippen LogP contribution in [0.4, 0.5) is 4.79 Å². The number of hydrogen-bond donors (Lipinski definition) is 1. The minimum Gasteiger partial charge on any atom is -0.355 e. The van der Waals surface area contributed by atoms with Crippen LogP contribution in [0, 0.1) is 17.8 Å². The van der Waals surface area contributed by atoms with Gasteiger partial charge >= 0.3 is 6.03 Å². The van der Waals surface area contributed by atoms with Crippen LogP contribution in [0.1, 0.15) is 51.4 Å². The van der Waals surface area contributed by atoms with Gasteiger partial charge in [-0.25, -0.2) is 4.79 Å². The minimum atomic E-state index is 0.0279. The number of fused-ring (bicyclic) bond motifs is 4. The molecule has 5 aliphatic rings. The Morgan fingerprint density at radius 3 is 2.47 bits per heavy atom. The summed E-state index contributed by atoms with van der Waals surface area (Å²) in [6.45, 7) is 7.70. The molecule has 0 aromatic carbocycles. The second kappa shape index (κ2) is 9.57. The van der Waals surface area contributed by atoms with E-state index in [1.54, 1.807) is 0 Å². The normalized spacial score (nSPS) is 31.6. The summed E-state index contributed by atoms with van der Waals surface area (Å²) >= 11 is 0. The average Bonchev–Trinajstić information content (AvgIpc) is 3.33. The van der Waals surface area contributed by atoms with Crippen LogP contribution in [0.15, 0.2) is 0 Å². The van der Waals surface area contributed by atoms with Gasteiger partial charge in [0.2, 0.25) is 11.8 Å². The monoisotopic (exact) mass is 445 g/mol. The molecule has 5 rings (SSSR count). The lowest BCUT2D eigenvalue weighted by atomic mass is 9.76. The van der Waals surface area contributed by atoms with Crippen LogP contribution in [-0.2, 0) is 9.59 Å². The SMILES string of the molecule is O=C(NCCN1CCCC1)C1CCN(C(=O)N2C[C@@H]3C[C@H](C2)[C@H]2CCCC(=O)N2C3)CC1. The standard InChI is InChI=1S/C24H39N5O3/c30-22-5-3-4-21-20-14-18(16-29(21)22)15-28(17-20)24(32)27-11-6-19(7-12-27)23(31)25-8-13-26-9-1-2-10-26/h18-21H,1-17H2,(H,25,31)/t18-,20+,21+/m0/s1. The lowest BCUT2D eigenvalue weighted by Crippen LogP contribution is -2.62. The van der Waals surface area contributed by atoms with Crippen molar-refractivity contribution in [3.63, 3.8) is 0 Å².